The lowest BCUT2D eigenvalue weighted by atomic mass is 9.90. The fraction of sp³-hybridized carbons (Fsp3) is 0.579. The molecule has 170 valence electrons. The lowest BCUT2D eigenvalue weighted by Crippen LogP contribution is -2.35. The average Bonchev–Trinajstić information content (AvgIpc) is 3.32. The lowest BCUT2D eigenvalue weighted by Gasteiger charge is -2.32. The summed E-state index contributed by atoms with van der Waals surface area (Å²) < 4.78 is 54.0. The number of sulfone groups is 1. The summed E-state index contributed by atoms with van der Waals surface area (Å²) in [5.41, 5.74) is 0. The lowest BCUT2D eigenvalue weighted by molar-refractivity contribution is 0.301. The largest absolute Gasteiger partial charge is 0.365 e. The van der Waals surface area contributed by atoms with E-state index in [0.29, 0.717) is 12.2 Å². The number of hydrogen-bond donors (Lipinski definition) is 2. The predicted molar refractivity (Wildman–Crippen MR) is 121 cm³/mol. The van der Waals surface area contributed by atoms with Crippen LogP contribution in [0.15, 0.2) is 40.1 Å². The van der Waals surface area contributed by atoms with Gasteiger partial charge >= 0.3 is 0 Å². The van der Waals surface area contributed by atoms with Crippen molar-refractivity contribution in [3.05, 3.63) is 35.1 Å². The number of aromatic nitrogens is 3. The quantitative estimate of drug-likeness (QED) is 0.561. The number of nitrogens with one attached hydrogen (secondary N) is 2. The Labute approximate surface area is 191 Å². The van der Waals surface area contributed by atoms with Gasteiger partial charge in [0.25, 0.3) is 10.0 Å². The van der Waals surface area contributed by atoms with Gasteiger partial charge in [0.15, 0.2) is 14.9 Å². The van der Waals surface area contributed by atoms with Gasteiger partial charge in [0.1, 0.15) is 5.82 Å². The number of nitrogens with zero attached hydrogens (tertiary/aromatic N) is 3. The molecule has 4 rings (SSSR count). The molecule has 3 heterocycles. The van der Waals surface area contributed by atoms with E-state index in [1.807, 2.05) is 10.9 Å². The van der Waals surface area contributed by atoms with Crippen LogP contribution in [0.4, 0.5) is 5.82 Å². The maximum Gasteiger partial charge on any atom is 0.258 e. The average molecular weight is 532 g/mol. The summed E-state index contributed by atoms with van der Waals surface area (Å²) in [7, 11) is -6.88. The van der Waals surface area contributed by atoms with Gasteiger partial charge in [-0.15, -0.1) is 0 Å². The Bertz CT molecular complexity index is 1140. The number of anilines is 1. The third-order valence-corrected chi connectivity index (χ3v) is 9.43. The minimum absolute atomic E-state index is 0.0250. The van der Waals surface area contributed by atoms with E-state index >= 15 is 0 Å². The molecule has 1 aliphatic heterocycles. The summed E-state index contributed by atoms with van der Waals surface area (Å²) in [6.45, 7) is 0.0970. The smallest absolute Gasteiger partial charge is 0.258 e. The summed E-state index contributed by atoms with van der Waals surface area (Å²) in [5, 5.41) is 7.75. The molecule has 1 unspecified atom stereocenters. The van der Waals surface area contributed by atoms with Crippen molar-refractivity contribution >= 4 is 41.6 Å². The van der Waals surface area contributed by atoms with Gasteiger partial charge in [0, 0.05) is 18.8 Å². The molecule has 0 radical (unpaired) electrons. The minimum Gasteiger partial charge on any atom is -0.365 e. The van der Waals surface area contributed by atoms with Crippen molar-refractivity contribution in [2.75, 3.05) is 23.4 Å². The topological polar surface area (TPSA) is 123 Å². The van der Waals surface area contributed by atoms with Gasteiger partial charge in [-0.2, -0.15) is 5.10 Å². The number of hydrogen-bond acceptors (Lipinski definition) is 7. The van der Waals surface area contributed by atoms with Crippen LogP contribution in [0, 0.1) is 5.92 Å². The van der Waals surface area contributed by atoms with Crippen molar-refractivity contribution in [1.82, 2.24) is 19.5 Å². The molecule has 0 spiro atoms. The van der Waals surface area contributed by atoms with Gasteiger partial charge in [-0.1, -0.05) is 18.9 Å². The van der Waals surface area contributed by atoms with E-state index in [4.69, 9.17) is 0 Å². The Morgan fingerprint density at radius 1 is 1.19 bits per heavy atom. The van der Waals surface area contributed by atoms with Crippen molar-refractivity contribution in [2.45, 2.75) is 49.2 Å². The van der Waals surface area contributed by atoms with Crippen molar-refractivity contribution in [1.29, 1.82) is 0 Å². The molecule has 2 aromatic rings. The Balaban J connectivity index is 1.44. The molecule has 0 aromatic carbocycles. The highest BCUT2D eigenvalue weighted by atomic mass is 79.9. The van der Waals surface area contributed by atoms with Crippen molar-refractivity contribution < 1.29 is 16.8 Å². The third kappa shape index (κ3) is 5.65. The zero-order chi connectivity index (χ0) is 22.1. The van der Waals surface area contributed by atoms with E-state index in [1.54, 1.807) is 18.3 Å². The summed E-state index contributed by atoms with van der Waals surface area (Å²) >= 11 is 3.44. The minimum atomic E-state index is -3.83. The Morgan fingerprint density at radius 2 is 2.00 bits per heavy atom. The molecule has 0 amide bonds. The first-order chi connectivity index (χ1) is 14.7. The van der Waals surface area contributed by atoms with Crippen LogP contribution >= 0.6 is 15.9 Å². The maximum absolute atomic E-state index is 12.7. The molecule has 31 heavy (non-hydrogen) atoms. The van der Waals surface area contributed by atoms with Crippen LogP contribution in [0.5, 0.6) is 0 Å². The summed E-state index contributed by atoms with van der Waals surface area (Å²) in [5.74, 6) is 0.441. The molecule has 2 aliphatic rings. The molecule has 12 heteroatoms. The second kappa shape index (κ2) is 9.16. The van der Waals surface area contributed by atoms with Crippen molar-refractivity contribution in [2.24, 2.45) is 5.92 Å². The van der Waals surface area contributed by atoms with Crippen LogP contribution in [-0.4, -0.2) is 55.7 Å². The molecule has 1 aliphatic carbocycles. The zero-order valence-corrected chi connectivity index (χ0v) is 20.2. The third-order valence-electron chi connectivity index (χ3n) is 5.86. The van der Waals surface area contributed by atoms with Crippen molar-refractivity contribution in [3.63, 3.8) is 0 Å². The van der Waals surface area contributed by atoms with E-state index in [0.717, 1.165) is 30.2 Å². The standard InChI is InChI=1S/C19H26BrN5O4S2/c20-15-11-21-25(12-15)17-5-2-1-4-16(17)23-18-6-3-7-19(24-18)31(28,29)22-10-14-8-9-30(26,27)13-14/h3,6-7,11-12,14,16-17,22H,1-2,4-5,8-10,13H2,(H,23,24)/t14?,16-,17+/m0/s1. The van der Waals surface area contributed by atoms with Crippen LogP contribution in [0.3, 0.4) is 0 Å². The van der Waals surface area contributed by atoms with Gasteiger partial charge in [-0.25, -0.2) is 26.5 Å². The first-order valence-electron chi connectivity index (χ1n) is 10.4. The van der Waals surface area contributed by atoms with Crippen LogP contribution in [0.1, 0.15) is 38.1 Å². The van der Waals surface area contributed by atoms with Crippen LogP contribution in [-0.2, 0) is 19.9 Å². The van der Waals surface area contributed by atoms with Gasteiger partial charge in [0.05, 0.1) is 28.2 Å². The fourth-order valence-electron chi connectivity index (χ4n) is 4.26. The molecule has 1 saturated heterocycles. The van der Waals surface area contributed by atoms with Gasteiger partial charge in [-0.05, 0) is 53.2 Å². The Morgan fingerprint density at radius 3 is 2.71 bits per heavy atom. The second-order valence-corrected chi connectivity index (χ2v) is 13.1. The Kier molecular flexibility index (Phi) is 6.71. The number of pyridine rings is 1. The van der Waals surface area contributed by atoms with E-state index in [-0.39, 0.29) is 41.1 Å². The van der Waals surface area contributed by atoms with E-state index in [1.165, 1.54) is 6.07 Å². The first-order valence-corrected chi connectivity index (χ1v) is 14.4. The maximum atomic E-state index is 12.7. The highest BCUT2D eigenvalue weighted by molar-refractivity contribution is 9.10. The van der Waals surface area contributed by atoms with Crippen LogP contribution < -0.4 is 10.0 Å². The molecule has 1 saturated carbocycles. The highest BCUT2D eigenvalue weighted by Crippen LogP contribution is 2.31. The van der Waals surface area contributed by atoms with E-state index in [2.05, 4.69) is 36.1 Å². The van der Waals surface area contributed by atoms with Crippen LogP contribution in [0.25, 0.3) is 0 Å². The van der Waals surface area contributed by atoms with Gasteiger partial charge in [-0.3, -0.25) is 4.68 Å². The SMILES string of the molecule is O=S1(=O)CCC(CNS(=O)(=O)c2cccc(N[C@H]3CCCC[C@H]3n3cc(Br)cn3)n2)C1. The molecule has 0 bridgehead atoms. The summed E-state index contributed by atoms with van der Waals surface area (Å²) in [6.07, 6.45) is 8.31. The van der Waals surface area contributed by atoms with Crippen molar-refractivity contribution in [3.8, 4) is 0 Å². The highest BCUT2D eigenvalue weighted by Gasteiger charge is 2.30. The molecule has 3 atom stereocenters. The number of halogens is 1. The normalized spacial score (nSPS) is 26.0. The Hall–Kier alpha value is -1.50. The van der Waals surface area contributed by atoms with E-state index in [9.17, 15) is 16.8 Å². The molecule has 9 nitrogen and oxygen atoms in total. The number of rotatable bonds is 7. The van der Waals surface area contributed by atoms with Gasteiger partial charge < -0.3 is 5.32 Å². The summed E-state index contributed by atoms with van der Waals surface area (Å²) in [6, 6.07) is 5.11. The number of sulfonamides is 1. The molecule has 2 N–H and O–H groups in total. The summed E-state index contributed by atoms with van der Waals surface area (Å²) in [4.78, 5) is 4.33. The van der Waals surface area contributed by atoms with E-state index < -0.39 is 19.9 Å². The fourth-order valence-corrected chi connectivity index (χ4v) is 7.50. The van der Waals surface area contributed by atoms with Gasteiger partial charge in [0.2, 0.25) is 0 Å². The molecular weight excluding hydrogens is 506 g/mol. The molecule has 2 aromatic heterocycles. The van der Waals surface area contributed by atoms with Crippen LogP contribution in [0.2, 0.25) is 0 Å². The zero-order valence-electron chi connectivity index (χ0n) is 16.9. The second-order valence-electron chi connectivity index (χ2n) is 8.22. The first kappa shape index (κ1) is 22.7. The predicted octanol–water partition coefficient (Wildman–Crippen LogP) is 2.35. The molecular formula is C19H26BrN5O4S2. The monoisotopic (exact) mass is 531 g/mol. The molecule has 2 fully saturated rings.